The minimum absolute atomic E-state index is 0.0614. The Kier molecular flexibility index (Phi) is 8.18. The third kappa shape index (κ3) is 6.26. The molecule has 0 radical (unpaired) electrons. The predicted molar refractivity (Wildman–Crippen MR) is 88.9 cm³/mol. The number of unbranched alkanes of at least 4 members (excludes halogenated alkanes) is 1. The molecule has 7 nitrogen and oxygen atoms in total. The second-order valence-electron chi connectivity index (χ2n) is 5.12. The van der Waals surface area contributed by atoms with Gasteiger partial charge in [-0.2, -0.15) is 0 Å². The summed E-state index contributed by atoms with van der Waals surface area (Å²) >= 11 is 0. The molecule has 0 unspecified atom stereocenters. The molecule has 0 aliphatic rings. The Morgan fingerprint density at radius 1 is 1.26 bits per heavy atom. The number of benzene rings is 1. The van der Waals surface area contributed by atoms with Crippen molar-refractivity contribution in [1.82, 2.24) is 10.0 Å². The van der Waals surface area contributed by atoms with E-state index in [1.54, 1.807) is 13.0 Å². The first kappa shape index (κ1) is 19.6. The topological polar surface area (TPSA) is 111 Å². The van der Waals surface area contributed by atoms with Crippen LogP contribution in [-0.2, 0) is 14.8 Å². The molecule has 23 heavy (non-hydrogen) atoms. The monoisotopic (exact) mass is 343 g/mol. The highest BCUT2D eigenvalue weighted by Crippen LogP contribution is 2.15. The molecule has 0 spiro atoms. The second-order valence-corrected chi connectivity index (χ2v) is 6.89. The van der Waals surface area contributed by atoms with Crippen LogP contribution in [0.3, 0.4) is 0 Å². The van der Waals surface area contributed by atoms with Gasteiger partial charge in [-0.25, -0.2) is 13.1 Å². The van der Waals surface area contributed by atoms with Crippen LogP contribution in [0.2, 0.25) is 0 Å². The van der Waals surface area contributed by atoms with E-state index < -0.39 is 10.0 Å². The van der Waals surface area contributed by atoms with E-state index in [1.807, 2.05) is 0 Å². The van der Waals surface area contributed by atoms with E-state index in [0.29, 0.717) is 18.7 Å². The molecule has 0 atom stereocenters. The van der Waals surface area contributed by atoms with Gasteiger partial charge in [-0.1, -0.05) is 6.07 Å². The SMILES string of the molecule is COCCNS(=O)(=O)c1ccc(C)c(C(=O)NCCCCN)c1. The van der Waals surface area contributed by atoms with E-state index in [1.165, 1.54) is 19.2 Å². The van der Waals surface area contributed by atoms with Crippen LogP contribution in [0.5, 0.6) is 0 Å². The van der Waals surface area contributed by atoms with E-state index in [0.717, 1.165) is 18.4 Å². The first-order valence-electron chi connectivity index (χ1n) is 7.50. The van der Waals surface area contributed by atoms with Gasteiger partial charge in [0.1, 0.15) is 0 Å². The first-order chi connectivity index (χ1) is 10.9. The maximum Gasteiger partial charge on any atom is 0.251 e. The largest absolute Gasteiger partial charge is 0.383 e. The van der Waals surface area contributed by atoms with Crippen LogP contribution in [0.25, 0.3) is 0 Å². The summed E-state index contributed by atoms with van der Waals surface area (Å²) in [5.74, 6) is -0.284. The Morgan fingerprint density at radius 3 is 2.65 bits per heavy atom. The van der Waals surface area contributed by atoms with Crippen molar-refractivity contribution >= 4 is 15.9 Å². The van der Waals surface area contributed by atoms with Crippen LogP contribution >= 0.6 is 0 Å². The molecule has 1 aromatic carbocycles. The fourth-order valence-corrected chi connectivity index (χ4v) is 2.98. The van der Waals surface area contributed by atoms with Gasteiger partial charge in [0, 0.05) is 25.8 Å². The quantitative estimate of drug-likeness (QED) is 0.532. The van der Waals surface area contributed by atoms with E-state index >= 15 is 0 Å². The van der Waals surface area contributed by atoms with E-state index in [4.69, 9.17) is 10.5 Å². The Morgan fingerprint density at radius 2 is 2.00 bits per heavy atom. The van der Waals surface area contributed by atoms with Crippen molar-refractivity contribution in [3.05, 3.63) is 29.3 Å². The third-order valence-corrected chi connectivity index (χ3v) is 4.74. The zero-order valence-corrected chi connectivity index (χ0v) is 14.4. The smallest absolute Gasteiger partial charge is 0.251 e. The first-order valence-corrected chi connectivity index (χ1v) is 8.98. The van der Waals surface area contributed by atoms with Crippen LogP contribution < -0.4 is 15.8 Å². The fourth-order valence-electron chi connectivity index (χ4n) is 1.94. The maximum absolute atomic E-state index is 12.2. The lowest BCUT2D eigenvalue weighted by Crippen LogP contribution is -2.28. The van der Waals surface area contributed by atoms with Crippen molar-refractivity contribution in [2.75, 3.05) is 33.4 Å². The zero-order valence-electron chi connectivity index (χ0n) is 13.6. The van der Waals surface area contributed by atoms with Gasteiger partial charge < -0.3 is 15.8 Å². The number of amides is 1. The predicted octanol–water partition coefficient (Wildman–Crippen LogP) is 0.388. The number of carbonyl (C=O) groups is 1. The van der Waals surface area contributed by atoms with E-state index in [9.17, 15) is 13.2 Å². The molecule has 0 aliphatic carbocycles. The van der Waals surface area contributed by atoms with Crippen LogP contribution in [0.4, 0.5) is 0 Å². The number of methoxy groups -OCH3 is 1. The summed E-state index contributed by atoms with van der Waals surface area (Å²) in [6, 6.07) is 4.50. The summed E-state index contributed by atoms with van der Waals surface area (Å²) in [5.41, 5.74) is 6.48. The minimum Gasteiger partial charge on any atom is -0.383 e. The van der Waals surface area contributed by atoms with Gasteiger partial charge in [-0.05, 0) is 44.0 Å². The molecule has 130 valence electrons. The van der Waals surface area contributed by atoms with Gasteiger partial charge in [0.05, 0.1) is 11.5 Å². The summed E-state index contributed by atoms with van der Waals surface area (Å²) in [5, 5.41) is 2.78. The number of hydrogen-bond acceptors (Lipinski definition) is 5. The number of carbonyl (C=O) groups excluding carboxylic acids is 1. The van der Waals surface area contributed by atoms with Crippen molar-refractivity contribution in [3.8, 4) is 0 Å². The molecule has 0 aromatic heterocycles. The standard InChI is InChI=1S/C15H25N3O4S/c1-12-5-6-13(23(20,21)18-9-10-22-2)11-14(12)15(19)17-8-4-3-7-16/h5-6,11,18H,3-4,7-10,16H2,1-2H3,(H,17,19). The highest BCUT2D eigenvalue weighted by atomic mass is 32.2. The average molecular weight is 343 g/mol. The zero-order chi connectivity index (χ0) is 17.3. The van der Waals surface area contributed by atoms with Gasteiger partial charge in [-0.3, -0.25) is 4.79 Å². The van der Waals surface area contributed by atoms with Crippen LogP contribution in [0.1, 0.15) is 28.8 Å². The van der Waals surface area contributed by atoms with Crippen molar-refractivity contribution in [3.63, 3.8) is 0 Å². The number of ether oxygens (including phenoxy) is 1. The Bertz CT molecular complexity index is 617. The van der Waals surface area contributed by atoms with Crippen molar-refractivity contribution in [2.45, 2.75) is 24.7 Å². The number of hydrogen-bond donors (Lipinski definition) is 3. The summed E-state index contributed by atoms with van der Waals surface area (Å²) in [4.78, 5) is 12.3. The van der Waals surface area contributed by atoms with Gasteiger partial charge in [-0.15, -0.1) is 0 Å². The number of nitrogens with one attached hydrogen (secondary N) is 2. The molecule has 0 saturated carbocycles. The lowest BCUT2D eigenvalue weighted by atomic mass is 10.1. The van der Waals surface area contributed by atoms with Crippen LogP contribution in [-0.4, -0.2) is 47.7 Å². The number of sulfonamides is 1. The summed E-state index contributed by atoms with van der Waals surface area (Å²) in [6.07, 6.45) is 1.62. The van der Waals surface area contributed by atoms with Crippen molar-refractivity contribution in [2.24, 2.45) is 5.73 Å². The molecule has 8 heteroatoms. The molecule has 1 aromatic rings. The van der Waals surface area contributed by atoms with Gasteiger partial charge >= 0.3 is 0 Å². The lowest BCUT2D eigenvalue weighted by Gasteiger charge is -2.11. The van der Waals surface area contributed by atoms with E-state index in [-0.39, 0.29) is 24.0 Å². The summed E-state index contributed by atoms with van der Waals surface area (Å²) in [7, 11) is -2.17. The van der Waals surface area contributed by atoms with Gasteiger partial charge in [0.15, 0.2) is 0 Å². The molecular formula is C15H25N3O4S. The molecule has 1 amide bonds. The molecule has 1 rings (SSSR count). The number of nitrogens with two attached hydrogens (primary N) is 1. The summed E-state index contributed by atoms with van der Waals surface area (Å²) < 4.78 is 31.6. The van der Waals surface area contributed by atoms with Crippen molar-refractivity contribution < 1.29 is 17.9 Å². The highest BCUT2D eigenvalue weighted by Gasteiger charge is 2.17. The molecule has 0 aliphatic heterocycles. The van der Waals surface area contributed by atoms with Gasteiger partial charge in [0.25, 0.3) is 5.91 Å². The molecule has 0 saturated heterocycles. The van der Waals surface area contributed by atoms with Crippen molar-refractivity contribution in [1.29, 1.82) is 0 Å². The Hall–Kier alpha value is -1.48. The molecular weight excluding hydrogens is 318 g/mol. The Balaban J connectivity index is 2.84. The summed E-state index contributed by atoms with van der Waals surface area (Å²) in [6.45, 7) is 3.31. The molecule has 0 bridgehead atoms. The molecule has 0 fully saturated rings. The van der Waals surface area contributed by atoms with Gasteiger partial charge in [0.2, 0.25) is 10.0 Å². The lowest BCUT2D eigenvalue weighted by molar-refractivity contribution is 0.0952. The number of rotatable bonds is 10. The molecule has 4 N–H and O–H groups in total. The average Bonchev–Trinajstić information content (AvgIpc) is 2.51. The third-order valence-electron chi connectivity index (χ3n) is 3.28. The highest BCUT2D eigenvalue weighted by molar-refractivity contribution is 7.89. The molecule has 0 heterocycles. The maximum atomic E-state index is 12.2. The fraction of sp³-hybridized carbons (Fsp3) is 0.533. The van der Waals surface area contributed by atoms with Crippen LogP contribution in [0, 0.1) is 6.92 Å². The van der Waals surface area contributed by atoms with E-state index in [2.05, 4.69) is 10.0 Å². The number of aryl methyl sites for hydroxylation is 1. The normalized spacial score (nSPS) is 11.4. The Labute approximate surface area is 137 Å². The second kappa shape index (κ2) is 9.61. The van der Waals surface area contributed by atoms with Crippen LogP contribution in [0.15, 0.2) is 23.1 Å². The minimum atomic E-state index is -3.66.